The van der Waals surface area contributed by atoms with E-state index < -0.39 is 0 Å². The smallest absolute Gasteiger partial charge is 0.253 e. The Balaban J connectivity index is 1.75. The van der Waals surface area contributed by atoms with E-state index in [-0.39, 0.29) is 5.91 Å². The van der Waals surface area contributed by atoms with Crippen LogP contribution in [0.3, 0.4) is 0 Å². The summed E-state index contributed by atoms with van der Waals surface area (Å²) in [5.74, 6) is 0.0987. The van der Waals surface area contributed by atoms with Crippen molar-refractivity contribution in [1.29, 1.82) is 0 Å². The molecule has 0 saturated heterocycles. The largest absolute Gasteiger partial charge is 0.338 e. The van der Waals surface area contributed by atoms with Crippen molar-refractivity contribution in [3.8, 4) is 11.3 Å². The van der Waals surface area contributed by atoms with Gasteiger partial charge in [0.25, 0.3) is 5.91 Å². The molecule has 23 heavy (non-hydrogen) atoms. The van der Waals surface area contributed by atoms with E-state index in [4.69, 9.17) is 0 Å². The molecule has 2 atom stereocenters. The van der Waals surface area contributed by atoms with Gasteiger partial charge in [0.15, 0.2) is 0 Å². The van der Waals surface area contributed by atoms with Gasteiger partial charge in [-0.2, -0.15) is 11.8 Å². The van der Waals surface area contributed by atoms with Gasteiger partial charge in [0.05, 0.1) is 11.9 Å². The lowest BCUT2D eigenvalue weighted by molar-refractivity contribution is 0.0738. The molecule has 4 nitrogen and oxygen atoms in total. The molecule has 0 radical (unpaired) electrons. The summed E-state index contributed by atoms with van der Waals surface area (Å²) in [6.45, 7) is 0. The van der Waals surface area contributed by atoms with Crippen molar-refractivity contribution < 1.29 is 4.79 Å². The van der Waals surface area contributed by atoms with Crippen LogP contribution in [0.5, 0.6) is 0 Å². The highest BCUT2D eigenvalue weighted by Gasteiger charge is 2.32. The van der Waals surface area contributed by atoms with Crippen LogP contribution < -0.4 is 0 Å². The lowest BCUT2D eigenvalue weighted by atomic mass is 10.1. The van der Waals surface area contributed by atoms with Gasteiger partial charge < -0.3 is 4.90 Å². The molecule has 0 N–H and O–H groups in total. The van der Waals surface area contributed by atoms with Gasteiger partial charge in [0.1, 0.15) is 0 Å². The van der Waals surface area contributed by atoms with Gasteiger partial charge in [-0.05, 0) is 31.2 Å². The molecule has 0 spiro atoms. The third-order valence-electron chi connectivity index (χ3n) is 4.53. The van der Waals surface area contributed by atoms with Gasteiger partial charge >= 0.3 is 0 Å². The van der Waals surface area contributed by atoms with E-state index in [1.165, 1.54) is 12.8 Å². The summed E-state index contributed by atoms with van der Waals surface area (Å²) in [5.41, 5.74) is 2.52. The average molecular weight is 327 g/mol. The zero-order valence-electron chi connectivity index (χ0n) is 13.5. The van der Waals surface area contributed by atoms with Crippen LogP contribution in [0.25, 0.3) is 11.3 Å². The van der Waals surface area contributed by atoms with Gasteiger partial charge in [0.2, 0.25) is 0 Å². The van der Waals surface area contributed by atoms with E-state index in [1.54, 1.807) is 18.6 Å². The molecular formula is C18H21N3OS. The molecule has 1 heterocycles. The topological polar surface area (TPSA) is 46.1 Å². The van der Waals surface area contributed by atoms with Crippen molar-refractivity contribution in [2.24, 2.45) is 0 Å². The highest BCUT2D eigenvalue weighted by atomic mass is 32.2. The number of thioether (sulfide) groups is 1. The Labute approximate surface area is 141 Å². The summed E-state index contributed by atoms with van der Waals surface area (Å²) in [6.07, 6.45) is 10.7. The highest BCUT2D eigenvalue weighted by molar-refractivity contribution is 7.99. The zero-order chi connectivity index (χ0) is 16.2. The SMILES string of the molecule is CSC1CCCC1N(C)C(=O)c1ccc(-c2cnccn2)cc1. The first-order valence-corrected chi connectivity index (χ1v) is 9.16. The molecule has 1 amide bonds. The summed E-state index contributed by atoms with van der Waals surface area (Å²) in [6, 6.07) is 7.98. The van der Waals surface area contributed by atoms with E-state index in [2.05, 4.69) is 16.2 Å². The molecule has 1 saturated carbocycles. The Kier molecular flexibility index (Phi) is 4.96. The van der Waals surface area contributed by atoms with Crippen molar-refractivity contribution in [3.05, 3.63) is 48.4 Å². The van der Waals surface area contributed by atoms with Gasteiger partial charge in [-0.25, -0.2) is 0 Å². The summed E-state index contributed by atoms with van der Waals surface area (Å²) in [7, 11) is 1.93. The minimum Gasteiger partial charge on any atom is -0.338 e. The number of carbonyl (C=O) groups excluding carboxylic acids is 1. The van der Waals surface area contributed by atoms with Gasteiger partial charge in [0, 0.05) is 41.9 Å². The summed E-state index contributed by atoms with van der Waals surface area (Å²) < 4.78 is 0. The first-order chi connectivity index (χ1) is 11.2. The summed E-state index contributed by atoms with van der Waals surface area (Å²) >= 11 is 1.87. The van der Waals surface area contributed by atoms with E-state index in [9.17, 15) is 4.79 Å². The number of hydrogen-bond donors (Lipinski definition) is 0. The molecule has 120 valence electrons. The highest BCUT2D eigenvalue weighted by Crippen LogP contribution is 2.32. The van der Waals surface area contributed by atoms with Crippen molar-refractivity contribution in [1.82, 2.24) is 14.9 Å². The molecular weight excluding hydrogens is 306 g/mol. The fourth-order valence-corrected chi connectivity index (χ4v) is 4.25. The number of aromatic nitrogens is 2. The van der Waals surface area contributed by atoms with E-state index in [1.807, 2.05) is 48.0 Å². The fourth-order valence-electron chi connectivity index (χ4n) is 3.21. The molecule has 1 aliphatic carbocycles. The number of carbonyl (C=O) groups is 1. The third kappa shape index (κ3) is 3.39. The molecule has 1 aliphatic rings. The molecule has 2 unspecified atom stereocenters. The maximum absolute atomic E-state index is 12.7. The molecule has 5 heteroatoms. The number of rotatable bonds is 4. The molecule has 0 aliphatic heterocycles. The first-order valence-electron chi connectivity index (χ1n) is 7.87. The van der Waals surface area contributed by atoms with Crippen molar-refractivity contribution in [2.75, 3.05) is 13.3 Å². The molecule has 1 fully saturated rings. The Morgan fingerprint density at radius 3 is 2.65 bits per heavy atom. The molecule has 0 bridgehead atoms. The lowest BCUT2D eigenvalue weighted by Crippen LogP contribution is -2.40. The number of benzene rings is 1. The van der Waals surface area contributed by atoms with Crippen LogP contribution in [0.4, 0.5) is 0 Å². The van der Waals surface area contributed by atoms with Crippen LogP contribution in [0.1, 0.15) is 29.6 Å². The van der Waals surface area contributed by atoms with Crippen molar-refractivity contribution >= 4 is 17.7 Å². The van der Waals surface area contributed by atoms with Crippen molar-refractivity contribution in [2.45, 2.75) is 30.6 Å². The Hall–Kier alpha value is -1.88. The predicted octanol–water partition coefficient (Wildman–Crippen LogP) is 3.50. The van der Waals surface area contributed by atoms with Crippen LogP contribution in [-0.2, 0) is 0 Å². The summed E-state index contributed by atoms with van der Waals surface area (Å²) in [5, 5.41) is 0.558. The zero-order valence-corrected chi connectivity index (χ0v) is 14.3. The normalized spacial score (nSPS) is 20.4. The third-order valence-corrected chi connectivity index (χ3v) is 5.68. The Bertz CT molecular complexity index is 660. The Morgan fingerprint density at radius 1 is 1.22 bits per heavy atom. The van der Waals surface area contributed by atoms with Crippen LogP contribution >= 0.6 is 11.8 Å². The average Bonchev–Trinajstić information content (AvgIpc) is 3.10. The second-order valence-electron chi connectivity index (χ2n) is 5.86. The summed E-state index contributed by atoms with van der Waals surface area (Å²) in [4.78, 5) is 23.0. The predicted molar refractivity (Wildman–Crippen MR) is 94.5 cm³/mol. The number of nitrogens with zero attached hydrogens (tertiary/aromatic N) is 3. The maximum Gasteiger partial charge on any atom is 0.253 e. The first kappa shape index (κ1) is 16.0. The fraction of sp³-hybridized carbons (Fsp3) is 0.389. The lowest BCUT2D eigenvalue weighted by Gasteiger charge is -2.29. The minimum absolute atomic E-state index is 0.0987. The van der Waals surface area contributed by atoms with Crippen molar-refractivity contribution in [3.63, 3.8) is 0 Å². The minimum atomic E-state index is 0.0987. The Morgan fingerprint density at radius 2 is 2.00 bits per heavy atom. The monoisotopic (exact) mass is 327 g/mol. The molecule has 3 rings (SSSR count). The van der Waals surface area contributed by atoms with Gasteiger partial charge in [-0.15, -0.1) is 0 Å². The second kappa shape index (κ2) is 7.13. The quantitative estimate of drug-likeness (QED) is 0.862. The van der Waals surface area contributed by atoms with Crippen LogP contribution in [0, 0.1) is 0 Å². The molecule has 2 aromatic rings. The van der Waals surface area contributed by atoms with E-state index >= 15 is 0 Å². The van der Waals surface area contributed by atoms with Crippen LogP contribution in [-0.4, -0.2) is 45.4 Å². The molecule has 1 aromatic carbocycles. The number of hydrogen-bond acceptors (Lipinski definition) is 4. The number of amides is 1. The second-order valence-corrected chi connectivity index (χ2v) is 6.93. The van der Waals surface area contributed by atoms with E-state index in [0.717, 1.165) is 23.2 Å². The molecule has 1 aromatic heterocycles. The van der Waals surface area contributed by atoms with Gasteiger partial charge in [-0.3, -0.25) is 14.8 Å². The standard InChI is InChI=1S/C18H21N3OS/c1-21(16-4-3-5-17(16)23-2)18(22)14-8-6-13(7-9-14)15-12-19-10-11-20-15/h6-12,16-17H,3-5H2,1-2H3. The van der Waals surface area contributed by atoms with Gasteiger partial charge in [-0.1, -0.05) is 18.6 Å². The maximum atomic E-state index is 12.7. The van der Waals surface area contributed by atoms with Crippen LogP contribution in [0.15, 0.2) is 42.9 Å². The van der Waals surface area contributed by atoms with E-state index in [0.29, 0.717) is 11.3 Å². The van der Waals surface area contributed by atoms with Crippen LogP contribution in [0.2, 0.25) is 0 Å².